The van der Waals surface area contributed by atoms with E-state index in [4.69, 9.17) is 4.74 Å². The van der Waals surface area contributed by atoms with Crippen LogP contribution in [0.1, 0.15) is 9.67 Å². The van der Waals surface area contributed by atoms with Crippen molar-refractivity contribution in [3.05, 3.63) is 34.2 Å². The number of aliphatic hydroxyl groups excluding tert-OH is 1. The summed E-state index contributed by atoms with van der Waals surface area (Å²) in [4.78, 5) is 51.4. The van der Waals surface area contributed by atoms with Crippen LogP contribution in [0.25, 0.3) is 0 Å². The summed E-state index contributed by atoms with van der Waals surface area (Å²) in [6.07, 6.45) is -0.521. The Balaban J connectivity index is 1.74. The first-order valence-corrected chi connectivity index (χ1v) is 9.58. The SMILES string of the molecule is COCCN1CN(C)N2C=C(C(=O)NNC(=O)c3cccs3)C(=O)C(O)C2C1=O. The summed E-state index contributed by atoms with van der Waals surface area (Å²) in [6, 6.07) is 2.09. The monoisotopic (exact) mass is 423 g/mol. The number of carbonyl (C=O) groups is 4. The molecule has 3 heterocycles. The van der Waals surface area contributed by atoms with Crippen LogP contribution >= 0.6 is 11.3 Å². The van der Waals surface area contributed by atoms with Crippen molar-refractivity contribution in [2.45, 2.75) is 12.1 Å². The fourth-order valence-corrected chi connectivity index (χ4v) is 3.68. The normalized spacial score (nSPS) is 22.2. The van der Waals surface area contributed by atoms with Crippen LogP contribution in [0.2, 0.25) is 0 Å². The maximum Gasteiger partial charge on any atom is 0.279 e. The van der Waals surface area contributed by atoms with Gasteiger partial charge in [0.2, 0.25) is 5.78 Å². The van der Waals surface area contributed by atoms with E-state index >= 15 is 0 Å². The number of Topliss-reactive ketones (excluding diaryl/α,β-unsaturated/α-hetero) is 1. The highest BCUT2D eigenvalue weighted by Crippen LogP contribution is 2.25. The summed E-state index contributed by atoms with van der Waals surface area (Å²) in [5, 5.41) is 15.1. The minimum absolute atomic E-state index is 0.195. The number of ether oxygens (including phenoxy) is 1. The highest BCUT2D eigenvalue weighted by molar-refractivity contribution is 7.12. The Morgan fingerprint density at radius 2 is 2.03 bits per heavy atom. The minimum atomic E-state index is -1.73. The molecular weight excluding hydrogens is 402 g/mol. The van der Waals surface area contributed by atoms with Gasteiger partial charge < -0.3 is 14.7 Å². The Labute approximate surface area is 170 Å². The molecule has 0 radical (unpaired) electrons. The van der Waals surface area contributed by atoms with Gasteiger partial charge in [-0.1, -0.05) is 6.07 Å². The molecule has 3 rings (SSSR count). The van der Waals surface area contributed by atoms with Crippen molar-refractivity contribution in [3.63, 3.8) is 0 Å². The van der Waals surface area contributed by atoms with Gasteiger partial charge in [0, 0.05) is 26.9 Å². The second kappa shape index (κ2) is 8.69. The molecule has 2 aliphatic rings. The van der Waals surface area contributed by atoms with Gasteiger partial charge in [0.15, 0.2) is 6.04 Å². The van der Waals surface area contributed by atoms with Crippen LogP contribution in [0.5, 0.6) is 0 Å². The first-order chi connectivity index (χ1) is 13.8. The molecule has 12 heteroatoms. The molecule has 2 unspecified atom stereocenters. The van der Waals surface area contributed by atoms with E-state index in [1.165, 1.54) is 34.6 Å². The standard InChI is InChI=1S/C17H21N5O6S/c1-20-9-21(5-6-28-2)17(27)12-14(24)13(23)10(8-22(12)20)15(25)18-19-16(26)11-4-3-7-29-11/h3-4,7-8,12,14,24H,5-6,9H2,1-2H3,(H,18,25)(H,19,26). The van der Waals surface area contributed by atoms with Crippen LogP contribution in [0.15, 0.2) is 29.3 Å². The number of hydrogen-bond donors (Lipinski definition) is 3. The molecule has 2 aliphatic heterocycles. The van der Waals surface area contributed by atoms with Gasteiger partial charge >= 0.3 is 0 Å². The summed E-state index contributed by atoms with van der Waals surface area (Å²) in [5.74, 6) is -2.76. The van der Waals surface area contributed by atoms with Gasteiger partial charge in [0.25, 0.3) is 17.7 Å². The second-order valence-corrected chi connectivity index (χ2v) is 7.40. The van der Waals surface area contributed by atoms with E-state index in [9.17, 15) is 24.3 Å². The van der Waals surface area contributed by atoms with E-state index in [-0.39, 0.29) is 12.2 Å². The van der Waals surface area contributed by atoms with E-state index in [1.807, 2.05) is 0 Å². The molecule has 29 heavy (non-hydrogen) atoms. The lowest BCUT2D eigenvalue weighted by molar-refractivity contribution is -0.176. The number of thiophene rings is 1. The van der Waals surface area contributed by atoms with Crippen molar-refractivity contribution < 1.29 is 29.0 Å². The van der Waals surface area contributed by atoms with Crippen LogP contribution in [0, 0.1) is 0 Å². The van der Waals surface area contributed by atoms with Gasteiger partial charge in [-0.25, -0.2) is 5.01 Å². The topological polar surface area (TPSA) is 132 Å². The number of hydrazine groups is 2. The predicted molar refractivity (Wildman–Crippen MR) is 101 cm³/mol. The molecule has 3 amide bonds. The van der Waals surface area contributed by atoms with Gasteiger partial charge in [0.05, 0.1) is 18.2 Å². The Hall–Kier alpha value is -2.80. The molecule has 0 bridgehead atoms. The van der Waals surface area contributed by atoms with Gasteiger partial charge in [-0.2, -0.15) is 0 Å². The molecule has 0 aromatic carbocycles. The largest absolute Gasteiger partial charge is 0.383 e. The molecule has 1 fully saturated rings. The summed E-state index contributed by atoms with van der Waals surface area (Å²) in [7, 11) is 3.17. The predicted octanol–water partition coefficient (Wildman–Crippen LogP) is -1.70. The molecular formula is C17H21N5O6S. The fourth-order valence-electron chi connectivity index (χ4n) is 3.06. The third kappa shape index (κ3) is 4.15. The highest BCUT2D eigenvalue weighted by Gasteiger charge is 2.48. The van der Waals surface area contributed by atoms with Crippen molar-refractivity contribution in [1.82, 2.24) is 25.8 Å². The van der Waals surface area contributed by atoms with Crippen molar-refractivity contribution >= 4 is 34.8 Å². The third-order valence-electron chi connectivity index (χ3n) is 4.56. The Kier molecular flexibility index (Phi) is 6.27. The smallest absolute Gasteiger partial charge is 0.279 e. The van der Waals surface area contributed by atoms with E-state index < -0.39 is 35.7 Å². The average Bonchev–Trinajstić information content (AvgIpc) is 3.24. The van der Waals surface area contributed by atoms with Gasteiger partial charge in [0.1, 0.15) is 11.7 Å². The highest BCUT2D eigenvalue weighted by atomic mass is 32.1. The Bertz CT molecular complexity index is 841. The molecule has 3 N–H and O–H groups in total. The average molecular weight is 423 g/mol. The van der Waals surface area contributed by atoms with E-state index in [0.717, 1.165) is 0 Å². The van der Waals surface area contributed by atoms with E-state index in [1.54, 1.807) is 29.6 Å². The zero-order valence-electron chi connectivity index (χ0n) is 15.8. The first-order valence-electron chi connectivity index (χ1n) is 8.70. The lowest BCUT2D eigenvalue weighted by Gasteiger charge is -2.48. The number of amides is 3. The molecule has 1 saturated heterocycles. The van der Waals surface area contributed by atoms with Crippen LogP contribution in [0.3, 0.4) is 0 Å². The van der Waals surface area contributed by atoms with Crippen molar-refractivity contribution in [2.24, 2.45) is 0 Å². The summed E-state index contributed by atoms with van der Waals surface area (Å²) in [5.41, 5.74) is 4.01. The van der Waals surface area contributed by atoms with Crippen molar-refractivity contribution in [3.8, 4) is 0 Å². The van der Waals surface area contributed by atoms with E-state index in [2.05, 4.69) is 10.9 Å². The Morgan fingerprint density at radius 3 is 2.69 bits per heavy atom. The number of methoxy groups -OCH3 is 1. The van der Waals surface area contributed by atoms with Crippen LogP contribution in [-0.2, 0) is 19.1 Å². The molecule has 1 aromatic heterocycles. The van der Waals surface area contributed by atoms with Gasteiger partial charge in [-0.05, 0) is 11.4 Å². The zero-order valence-corrected chi connectivity index (χ0v) is 16.6. The molecule has 0 saturated carbocycles. The summed E-state index contributed by atoms with van der Waals surface area (Å²) < 4.78 is 4.98. The van der Waals surface area contributed by atoms with Crippen molar-refractivity contribution in [1.29, 1.82) is 0 Å². The fraction of sp³-hybridized carbons (Fsp3) is 0.412. The molecule has 156 valence electrons. The molecule has 11 nitrogen and oxygen atoms in total. The summed E-state index contributed by atoms with van der Waals surface area (Å²) in [6.45, 7) is 0.806. The lowest BCUT2D eigenvalue weighted by Crippen LogP contribution is -2.68. The number of aliphatic hydroxyl groups is 1. The maximum atomic E-state index is 12.7. The molecule has 2 atom stereocenters. The Morgan fingerprint density at radius 1 is 1.31 bits per heavy atom. The number of carbonyl (C=O) groups excluding carboxylic acids is 4. The summed E-state index contributed by atoms with van der Waals surface area (Å²) >= 11 is 1.19. The number of rotatable bonds is 5. The van der Waals surface area contributed by atoms with Crippen LogP contribution in [0.4, 0.5) is 0 Å². The number of fused-ring (bicyclic) bond motifs is 1. The molecule has 0 aliphatic carbocycles. The zero-order chi connectivity index (χ0) is 21.1. The second-order valence-electron chi connectivity index (χ2n) is 6.46. The quantitative estimate of drug-likeness (QED) is 0.377. The van der Waals surface area contributed by atoms with Crippen LogP contribution < -0.4 is 10.9 Å². The first kappa shape index (κ1) is 20.9. The third-order valence-corrected chi connectivity index (χ3v) is 5.43. The lowest BCUT2D eigenvalue weighted by atomic mass is 9.94. The number of nitrogens with one attached hydrogen (secondary N) is 2. The number of ketones is 1. The molecule has 1 aromatic rings. The number of nitrogens with zero attached hydrogens (tertiary/aromatic N) is 3. The van der Waals surface area contributed by atoms with E-state index in [0.29, 0.717) is 18.0 Å². The van der Waals surface area contributed by atoms with Gasteiger partial charge in [-0.3, -0.25) is 35.0 Å². The van der Waals surface area contributed by atoms with Crippen molar-refractivity contribution in [2.75, 3.05) is 34.0 Å². The number of hydrogen-bond acceptors (Lipinski definition) is 9. The van der Waals surface area contributed by atoms with Crippen LogP contribution in [-0.4, -0.2) is 89.7 Å². The maximum absolute atomic E-state index is 12.7. The molecule has 0 spiro atoms. The minimum Gasteiger partial charge on any atom is -0.383 e. The van der Waals surface area contributed by atoms with Gasteiger partial charge in [-0.15, -0.1) is 11.3 Å².